The maximum atomic E-state index is 9.09. The summed E-state index contributed by atoms with van der Waals surface area (Å²) in [4.78, 5) is 0. The van der Waals surface area contributed by atoms with Crippen LogP contribution < -0.4 is 0 Å². The van der Waals surface area contributed by atoms with Gasteiger partial charge in [0.1, 0.15) is 0 Å². The minimum Gasteiger partial charge on any atom is -0.411 e. The summed E-state index contributed by atoms with van der Waals surface area (Å²) in [5, 5.41) is 12.5. The second kappa shape index (κ2) is 6.01. The van der Waals surface area contributed by atoms with Crippen LogP contribution in [0.5, 0.6) is 0 Å². The maximum Gasteiger partial charge on any atom is 0.0658 e. The summed E-state index contributed by atoms with van der Waals surface area (Å²) >= 11 is 0. The van der Waals surface area contributed by atoms with Crippen molar-refractivity contribution in [2.45, 2.75) is 19.8 Å². The fourth-order valence-corrected chi connectivity index (χ4v) is 1.91. The van der Waals surface area contributed by atoms with Gasteiger partial charge < -0.3 is 5.21 Å². The highest BCUT2D eigenvalue weighted by molar-refractivity contribution is 5.88. The number of benzene rings is 2. The highest BCUT2D eigenvalue weighted by atomic mass is 16.4. The minimum absolute atomic E-state index is 0.686. The molecule has 0 bridgehead atoms. The van der Waals surface area contributed by atoms with Crippen LogP contribution in [0.2, 0.25) is 0 Å². The number of hydrogen-bond acceptors (Lipinski definition) is 2. The minimum atomic E-state index is 0.686. The van der Waals surface area contributed by atoms with Gasteiger partial charge in [0.25, 0.3) is 0 Å². The summed E-state index contributed by atoms with van der Waals surface area (Å²) in [5.74, 6) is 0. The first-order chi connectivity index (χ1) is 8.78. The van der Waals surface area contributed by atoms with Crippen LogP contribution >= 0.6 is 0 Å². The largest absolute Gasteiger partial charge is 0.411 e. The molecule has 0 fully saturated rings. The van der Waals surface area contributed by atoms with E-state index in [9.17, 15) is 0 Å². The van der Waals surface area contributed by atoms with Gasteiger partial charge in [0.05, 0.1) is 5.71 Å². The molecule has 0 aromatic heterocycles. The molecule has 18 heavy (non-hydrogen) atoms. The van der Waals surface area contributed by atoms with Crippen molar-refractivity contribution >= 4 is 5.71 Å². The van der Waals surface area contributed by atoms with Crippen LogP contribution in [0.15, 0.2) is 59.8 Å². The van der Waals surface area contributed by atoms with Crippen molar-refractivity contribution < 1.29 is 5.21 Å². The zero-order valence-electron chi connectivity index (χ0n) is 10.5. The molecule has 0 aliphatic carbocycles. The molecule has 0 saturated heterocycles. The number of rotatable bonds is 4. The predicted octanol–water partition coefficient (Wildman–Crippen LogP) is 3.61. The van der Waals surface area contributed by atoms with E-state index in [1.165, 1.54) is 11.1 Å². The third kappa shape index (κ3) is 3.45. The number of hydrogen-bond donors (Lipinski definition) is 1. The van der Waals surface area contributed by atoms with E-state index in [4.69, 9.17) is 5.21 Å². The normalized spacial score (nSPS) is 11.5. The Morgan fingerprint density at radius 1 is 0.889 bits per heavy atom. The van der Waals surface area contributed by atoms with E-state index in [2.05, 4.69) is 36.3 Å². The molecule has 2 aromatic carbocycles. The molecule has 2 aromatic rings. The van der Waals surface area contributed by atoms with Crippen molar-refractivity contribution in [1.82, 2.24) is 0 Å². The van der Waals surface area contributed by atoms with Crippen LogP contribution in [-0.2, 0) is 12.8 Å². The van der Waals surface area contributed by atoms with Crippen LogP contribution in [0.25, 0.3) is 0 Å². The number of oxime groups is 1. The molecule has 2 nitrogen and oxygen atoms in total. The second-order valence-corrected chi connectivity index (χ2v) is 4.49. The van der Waals surface area contributed by atoms with E-state index in [-0.39, 0.29) is 0 Å². The first-order valence-electron chi connectivity index (χ1n) is 6.07. The molecule has 0 unspecified atom stereocenters. The Hall–Kier alpha value is -2.09. The zero-order chi connectivity index (χ0) is 12.8. The van der Waals surface area contributed by atoms with Gasteiger partial charge in [0.2, 0.25) is 0 Å². The lowest BCUT2D eigenvalue weighted by Gasteiger charge is -2.05. The topological polar surface area (TPSA) is 32.6 Å². The van der Waals surface area contributed by atoms with Crippen LogP contribution in [0.1, 0.15) is 16.7 Å². The first-order valence-corrected chi connectivity index (χ1v) is 6.07. The Morgan fingerprint density at radius 2 is 1.44 bits per heavy atom. The molecule has 0 amide bonds. The average Bonchev–Trinajstić information content (AvgIpc) is 2.41. The lowest BCUT2D eigenvalue weighted by atomic mass is 10.0. The van der Waals surface area contributed by atoms with E-state index in [0.29, 0.717) is 12.8 Å². The van der Waals surface area contributed by atoms with Gasteiger partial charge in [0, 0.05) is 12.8 Å². The fourth-order valence-electron chi connectivity index (χ4n) is 1.91. The van der Waals surface area contributed by atoms with Crippen molar-refractivity contribution in [2.75, 3.05) is 0 Å². The van der Waals surface area contributed by atoms with Crippen molar-refractivity contribution in [3.63, 3.8) is 0 Å². The van der Waals surface area contributed by atoms with Gasteiger partial charge >= 0.3 is 0 Å². The smallest absolute Gasteiger partial charge is 0.0658 e. The Morgan fingerprint density at radius 3 is 2.00 bits per heavy atom. The molecule has 2 rings (SSSR count). The van der Waals surface area contributed by atoms with E-state index in [1.54, 1.807) is 0 Å². The molecule has 0 heterocycles. The van der Waals surface area contributed by atoms with Crippen LogP contribution in [0.3, 0.4) is 0 Å². The summed E-state index contributed by atoms with van der Waals surface area (Å²) in [6, 6.07) is 18.4. The van der Waals surface area contributed by atoms with Gasteiger partial charge in [-0.15, -0.1) is 0 Å². The molecule has 1 N–H and O–H groups in total. The molecule has 2 heteroatoms. The summed E-state index contributed by atoms with van der Waals surface area (Å²) < 4.78 is 0. The first kappa shape index (κ1) is 12.4. The Kier molecular flexibility index (Phi) is 4.13. The molecule has 0 aliphatic heterocycles. The van der Waals surface area contributed by atoms with Gasteiger partial charge in [-0.3, -0.25) is 0 Å². The molecule has 0 radical (unpaired) electrons. The van der Waals surface area contributed by atoms with Gasteiger partial charge in [-0.05, 0) is 18.1 Å². The van der Waals surface area contributed by atoms with Gasteiger partial charge in [-0.1, -0.05) is 65.3 Å². The summed E-state index contributed by atoms with van der Waals surface area (Å²) in [5.41, 5.74) is 4.36. The molecule has 0 aliphatic rings. The second-order valence-electron chi connectivity index (χ2n) is 4.49. The van der Waals surface area contributed by atoms with Crippen LogP contribution in [0.4, 0.5) is 0 Å². The SMILES string of the molecule is Cc1ccc(CC(Cc2ccccc2)=NO)cc1. The Bertz CT molecular complexity index is 515. The quantitative estimate of drug-likeness (QED) is 0.493. The Labute approximate surface area is 108 Å². The molecular formula is C16H17NO. The monoisotopic (exact) mass is 239 g/mol. The van der Waals surface area contributed by atoms with E-state index in [1.807, 2.05) is 30.3 Å². The number of nitrogens with zero attached hydrogens (tertiary/aromatic N) is 1. The van der Waals surface area contributed by atoms with Gasteiger partial charge in [-0.25, -0.2) is 0 Å². The van der Waals surface area contributed by atoms with Crippen LogP contribution in [0, 0.1) is 6.92 Å². The maximum absolute atomic E-state index is 9.09. The van der Waals surface area contributed by atoms with Gasteiger partial charge in [-0.2, -0.15) is 0 Å². The highest BCUT2D eigenvalue weighted by Crippen LogP contribution is 2.08. The summed E-state index contributed by atoms with van der Waals surface area (Å²) in [6.45, 7) is 2.06. The molecule has 0 atom stereocenters. The average molecular weight is 239 g/mol. The van der Waals surface area contributed by atoms with Crippen molar-refractivity contribution in [2.24, 2.45) is 5.16 Å². The summed E-state index contributed by atoms with van der Waals surface area (Å²) in [7, 11) is 0. The lowest BCUT2D eigenvalue weighted by molar-refractivity contribution is 0.317. The Balaban J connectivity index is 2.04. The van der Waals surface area contributed by atoms with Crippen molar-refractivity contribution in [1.29, 1.82) is 0 Å². The third-order valence-electron chi connectivity index (χ3n) is 2.92. The third-order valence-corrected chi connectivity index (χ3v) is 2.92. The lowest BCUT2D eigenvalue weighted by Crippen LogP contribution is -2.07. The van der Waals surface area contributed by atoms with Crippen LogP contribution in [-0.4, -0.2) is 10.9 Å². The van der Waals surface area contributed by atoms with E-state index < -0.39 is 0 Å². The van der Waals surface area contributed by atoms with E-state index in [0.717, 1.165) is 11.3 Å². The molecule has 0 spiro atoms. The standard InChI is InChI=1S/C16H17NO/c1-13-7-9-15(10-8-13)12-16(17-18)11-14-5-3-2-4-6-14/h2-10,18H,11-12H2,1H3. The van der Waals surface area contributed by atoms with E-state index >= 15 is 0 Å². The molecule has 92 valence electrons. The highest BCUT2D eigenvalue weighted by Gasteiger charge is 2.04. The fraction of sp³-hybridized carbons (Fsp3) is 0.188. The predicted molar refractivity (Wildman–Crippen MR) is 74.3 cm³/mol. The van der Waals surface area contributed by atoms with Crippen molar-refractivity contribution in [3.8, 4) is 0 Å². The number of aryl methyl sites for hydroxylation is 1. The summed E-state index contributed by atoms with van der Waals surface area (Å²) in [6.07, 6.45) is 1.37. The zero-order valence-corrected chi connectivity index (χ0v) is 10.5. The molecular weight excluding hydrogens is 222 g/mol. The molecule has 0 saturated carbocycles. The van der Waals surface area contributed by atoms with Crippen molar-refractivity contribution in [3.05, 3.63) is 71.3 Å². The van der Waals surface area contributed by atoms with Gasteiger partial charge in [0.15, 0.2) is 0 Å².